The van der Waals surface area contributed by atoms with Gasteiger partial charge in [-0.1, -0.05) is 0 Å². The molecule has 0 radical (unpaired) electrons. The SMILES string of the molecule is Cc1cc(C(C)Nc2c([N+](=O)[O-])ncn2C)c(C)o1. The number of aryl methyl sites for hydroxylation is 3. The van der Waals surface area contributed by atoms with Gasteiger partial charge >= 0.3 is 5.82 Å². The maximum absolute atomic E-state index is 10.9. The molecule has 7 heteroatoms. The molecule has 2 heterocycles. The second-order valence-electron chi connectivity index (χ2n) is 4.52. The zero-order chi connectivity index (χ0) is 14.2. The van der Waals surface area contributed by atoms with E-state index in [0.29, 0.717) is 5.82 Å². The van der Waals surface area contributed by atoms with Crippen LogP contribution in [0.4, 0.5) is 11.6 Å². The number of furan rings is 1. The van der Waals surface area contributed by atoms with Crippen LogP contribution in [-0.4, -0.2) is 14.5 Å². The minimum Gasteiger partial charge on any atom is -0.466 e. The molecule has 0 spiro atoms. The molecule has 0 saturated carbocycles. The van der Waals surface area contributed by atoms with Gasteiger partial charge < -0.3 is 19.8 Å². The van der Waals surface area contributed by atoms with Crippen molar-refractivity contribution in [2.45, 2.75) is 26.8 Å². The summed E-state index contributed by atoms with van der Waals surface area (Å²) < 4.78 is 7.06. The Morgan fingerprint density at radius 3 is 2.74 bits per heavy atom. The highest BCUT2D eigenvalue weighted by atomic mass is 16.6. The Balaban J connectivity index is 2.29. The van der Waals surface area contributed by atoms with Crippen molar-refractivity contribution in [2.75, 3.05) is 5.32 Å². The minimum atomic E-state index is -0.497. The smallest absolute Gasteiger partial charge is 0.406 e. The van der Waals surface area contributed by atoms with Crippen molar-refractivity contribution in [3.63, 3.8) is 0 Å². The van der Waals surface area contributed by atoms with E-state index >= 15 is 0 Å². The molecule has 0 aliphatic heterocycles. The van der Waals surface area contributed by atoms with E-state index in [1.165, 1.54) is 6.33 Å². The van der Waals surface area contributed by atoms with Crippen molar-refractivity contribution in [1.82, 2.24) is 9.55 Å². The van der Waals surface area contributed by atoms with Crippen LogP contribution in [0.15, 0.2) is 16.8 Å². The van der Waals surface area contributed by atoms with Gasteiger partial charge in [0.25, 0.3) is 0 Å². The monoisotopic (exact) mass is 264 g/mol. The van der Waals surface area contributed by atoms with Gasteiger partial charge in [0, 0.05) is 12.6 Å². The molecule has 1 unspecified atom stereocenters. The highest BCUT2D eigenvalue weighted by Crippen LogP contribution is 2.28. The Morgan fingerprint density at radius 2 is 2.21 bits per heavy atom. The molecule has 0 amide bonds. The number of anilines is 1. The third-order valence-corrected chi connectivity index (χ3v) is 2.99. The van der Waals surface area contributed by atoms with Crippen LogP contribution < -0.4 is 5.32 Å². The van der Waals surface area contributed by atoms with Crippen LogP contribution in [0.25, 0.3) is 0 Å². The predicted octanol–water partition coefficient (Wildman–Crippen LogP) is 2.71. The predicted molar refractivity (Wildman–Crippen MR) is 70.1 cm³/mol. The molecule has 0 bridgehead atoms. The van der Waals surface area contributed by atoms with E-state index in [4.69, 9.17) is 4.42 Å². The largest absolute Gasteiger partial charge is 0.466 e. The van der Waals surface area contributed by atoms with Gasteiger partial charge in [0.1, 0.15) is 11.5 Å². The lowest BCUT2D eigenvalue weighted by atomic mass is 10.1. The molecule has 0 fully saturated rings. The number of nitrogens with one attached hydrogen (secondary N) is 1. The molecular formula is C12H16N4O3. The minimum absolute atomic E-state index is 0.105. The van der Waals surface area contributed by atoms with Gasteiger partial charge in [0.2, 0.25) is 12.1 Å². The van der Waals surface area contributed by atoms with Crippen LogP contribution in [0, 0.1) is 24.0 Å². The lowest BCUT2D eigenvalue weighted by molar-refractivity contribution is -0.388. The summed E-state index contributed by atoms with van der Waals surface area (Å²) in [5.41, 5.74) is 0.980. The molecule has 0 saturated heterocycles. The lowest BCUT2D eigenvalue weighted by Crippen LogP contribution is -2.11. The van der Waals surface area contributed by atoms with E-state index in [0.717, 1.165) is 17.1 Å². The molecule has 0 aliphatic carbocycles. The highest BCUT2D eigenvalue weighted by Gasteiger charge is 2.23. The van der Waals surface area contributed by atoms with Crippen molar-refractivity contribution in [3.8, 4) is 0 Å². The Morgan fingerprint density at radius 1 is 1.53 bits per heavy atom. The summed E-state index contributed by atoms with van der Waals surface area (Å²) in [6, 6.07) is 1.82. The van der Waals surface area contributed by atoms with Crippen molar-refractivity contribution in [1.29, 1.82) is 0 Å². The molecule has 19 heavy (non-hydrogen) atoms. The first-order valence-corrected chi connectivity index (χ1v) is 5.89. The van der Waals surface area contributed by atoms with E-state index in [1.807, 2.05) is 26.8 Å². The van der Waals surface area contributed by atoms with Crippen molar-refractivity contribution < 1.29 is 9.34 Å². The molecule has 7 nitrogen and oxygen atoms in total. The van der Waals surface area contributed by atoms with Crippen LogP contribution in [0.2, 0.25) is 0 Å². The van der Waals surface area contributed by atoms with Crippen LogP contribution in [0.3, 0.4) is 0 Å². The van der Waals surface area contributed by atoms with Crippen molar-refractivity contribution in [2.24, 2.45) is 7.05 Å². The van der Waals surface area contributed by atoms with Gasteiger partial charge in [-0.05, 0) is 36.7 Å². The van der Waals surface area contributed by atoms with Gasteiger partial charge in [-0.15, -0.1) is 0 Å². The summed E-state index contributed by atoms with van der Waals surface area (Å²) in [6.45, 7) is 5.67. The van der Waals surface area contributed by atoms with E-state index in [2.05, 4.69) is 10.3 Å². The number of hydrogen-bond acceptors (Lipinski definition) is 5. The maximum Gasteiger partial charge on any atom is 0.406 e. The van der Waals surface area contributed by atoms with E-state index in [-0.39, 0.29) is 11.9 Å². The summed E-state index contributed by atoms with van der Waals surface area (Å²) in [4.78, 5) is 14.2. The van der Waals surface area contributed by atoms with E-state index in [9.17, 15) is 10.1 Å². The lowest BCUT2D eigenvalue weighted by Gasteiger charge is -2.14. The standard InChI is InChI=1S/C12H16N4O3/c1-7-5-10(9(3)19-7)8(2)14-12-11(16(17)18)13-6-15(12)4/h5-6,8,14H,1-4H3. The Labute approximate surface area is 110 Å². The third kappa shape index (κ3) is 2.44. The molecule has 102 valence electrons. The van der Waals surface area contributed by atoms with Gasteiger partial charge in [0.05, 0.1) is 6.04 Å². The first-order valence-electron chi connectivity index (χ1n) is 5.89. The van der Waals surface area contributed by atoms with Crippen molar-refractivity contribution in [3.05, 3.63) is 39.6 Å². The molecule has 0 aliphatic rings. The number of nitro groups is 1. The fraction of sp³-hybridized carbons (Fsp3) is 0.417. The number of nitrogens with zero attached hydrogens (tertiary/aromatic N) is 3. The quantitative estimate of drug-likeness (QED) is 0.677. The Bertz CT molecular complexity index is 615. The molecule has 2 aromatic rings. The zero-order valence-corrected chi connectivity index (χ0v) is 11.3. The van der Waals surface area contributed by atoms with Gasteiger partial charge in [-0.25, -0.2) is 0 Å². The topological polar surface area (TPSA) is 86.1 Å². The maximum atomic E-state index is 10.9. The number of imidazole rings is 1. The van der Waals surface area contributed by atoms with Crippen molar-refractivity contribution >= 4 is 11.6 Å². The average molecular weight is 264 g/mol. The average Bonchev–Trinajstić information content (AvgIpc) is 2.83. The van der Waals surface area contributed by atoms with Crippen LogP contribution in [-0.2, 0) is 7.05 Å². The van der Waals surface area contributed by atoms with Crippen LogP contribution in [0.5, 0.6) is 0 Å². The fourth-order valence-corrected chi connectivity index (χ4v) is 2.08. The molecular weight excluding hydrogens is 248 g/mol. The number of aromatic nitrogens is 2. The van der Waals surface area contributed by atoms with Crippen LogP contribution in [0.1, 0.15) is 30.0 Å². The highest BCUT2D eigenvalue weighted by molar-refractivity contribution is 5.53. The summed E-state index contributed by atoms with van der Waals surface area (Å²) in [6.07, 6.45) is 1.42. The molecule has 0 aromatic carbocycles. The summed E-state index contributed by atoms with van der Waals surface area (Å²) in [5, 5.41) is 14.0. The second-order valence-corrected chi connectivity index (χ2v) is 4.52. The Kier molecular flexibility index (Phi) is 3.28. The van der Waals surface area contributed by atoms with Gasteiger partial charge in [-0.2, -0.15) is 0 Å². The molecule has 2 rings (SSSR count). The Hall–Kier alpha value is -2.31. The summed E-state index contributed by atoms with van der Waals surface area (Å²) in [5.74, 6) is 1.84. The summed E-state index contributed by atoms with van der Waals surface area (Å²) in [7, 11) is 1.71. The number of hydrogen-bond donors (Lipinski definition) is 1. The number of rotatable bonds is 4. The van der Waals surface area contributed by atoms with Crippen LogP contribution >= 0.6 is 0 Å². The summed E-state index contributed by atoms with van der Waals surface area (Å²) >= 11 is 0. The van der Waals surface area contributed by atoms with E-state index < -0.39 is 4.92 Å². The third-order valence-electron chi connectivity index (χ3n) is 2.99. The normalized spacial score (nSPS) is 12.4. The van der Waals surface area contributed by atoms with E-state index in [1.54, 1.807) is 11.6 Å². The van der Waals surface area contributed by atoms with Gasteiger partial charge in [-0.3, -0.25) is 4.57 Å². The molecule has 1 atom stereocenters. The molecule has 1 N–H and O–H groups in total. The first kappa shape index (κ1) is 13.1. The molecule has 2 aromatic heterocycles. The zero-order valence-electron chi connectivity index (χ0n) is 11.3. The second kappa shape index (κ2) is 4.75. The first-order chi connectivity index (χ1) is 8.90. The van der Waals surface area contributed by atoms with Gasteiger partial charge in [0.15, 0.2) is 0 Å². The fourth-order valence-electron chi connectivity index (χ4n) is 2.08.